The van der Waals surface area contributed by atoms with Crippen LogP contribution in [0.2, 0.25) is 5.02 Å². The van der Waals surface area contributed by atoms with Crippen LogP contribution in [-0.2, 0) is 33.3 Å². The largest absolute Gasteiger partial charge is 0.463 e. The first-order chi connectivity index (χ1) is 13.2. The van der Waals surface area contributed by atoms with E-state index in [4.69, 9.17) is 30.5 Å². The summed E-state index contributed by atoms with van der Waals surface area (Å²) in [6.45, 7) is 5.59. The fraction of sp³-hybridized carbons (Fsp3) is 0.526. The van der Waals surface area contributed by atoms with Crippen molar-refractivity contribution in [2.45, 2.75) is 56.3 Å². The fourth-order valence-electron chi connectivity index (χ4n) is 2.93. The molecule has 1 aliphatic rings. The average Bonchev–Trinajstić information content (AvgIpc) is 2.58. The summed E-state index contributed by atoms with van der Waals surface area (Å²) in [7, 11) is 0. The average molecular weight is 431 g/mol. The number of rotatable bonds is 6. The number of carbonyl (C=O) groups excluding carboxylic acids is 3. The molecular weight excluding hydrogens is 408 g/mol. The van der Waals surface area contributed by atoms with Gasteiger partial charge in [-0.15, -0.1) is 0 Å². The molecule has 7 nitrogen and oxygen atoms in total. The summed E-state index contributed by atoms with van der Waals surface area (Å²) in [6, 6.07) is 7.18. The third-order valence-corrected chi connectivity index (χ3v) is 5.46. The van der Waals surface area contributed by atoms with E-state index < -0.39 is 47.6 Å². The van der Waals surface area contributed by atoms with E-state index in [0.717, 1.165) is 4.90 Å². The molecule has 1 aliphatic heterocycles. The van der Waals surface area contributed by atoms with Crippen molar-refractivity contribution in [3.63, 3.8) is 0 Å². The van der Waals surface area contributed by atoms with Gasteiger partial charge in [-0.1, -0.05) is 36.4 Å². The monoisotopic (exact) mass is 430 g/mol. The van der Waals surface area contributed by atoms with E-state index in [0.29, 0.717) is 5.02 Å². The maximum atomic E-state index is 11.6. The van der Waals surface area contributed by atoms with Crippen molar-refractivity contribution in [3.05, 3.63) is 29.3 Å². The predicted molar refractivity (Wildman–Crippen MR) is 103 cm³/mol. The molecule has 1 heterocycles. The van der Waals surface area contributed by atoms with E-state index in [1.807, 2.05) is 6.07 Å². The molecule has 28 heavy (non-hydrogen) atoms. The Morgan fingerprint density at radius 3 is 2.29 bits per heavy atom. The van der Waals surface area contributed by atoms with E-state index in [-0.39, 0.29) is 6.61 Å². The van der Waals surface area contributed by atoms with Crippen molar-refractivity contribution in [1.82, 2.24) is 0 Å². The second-order valence-corrected chi connectivity index (χ2v) is 8.04. The second-order valence-electron chi connectivity index (χ2n) is 6.43. The molecule has 0 spiro atoms. The number of hydrogen-bond acceptors (Lipinski definition) is 8. The fourth-order valence-corrected chi connectivity index (χ4v) is 4.44. The van der Waals surface area contributed by atoms with Gasteiger partial charge in [0.15, 0.2) is 0 Å². The molecule has 2 rings (SSSR count). The van der Waals surface area contributed by atoms with Crippen LogP contribution in [0.15, 0.2) is 29.2 Å². The predicted octanol–water partition coefficient (Wildman–Crippen LogP) is 3.22. The van der Waals surface area contributed by atoms with Crippen molar-refractivity contribution in [2.24, 2.45) is 5.92 Å². The van der Waals surface area contributed by atoms with Gasteiger partial charge < -0.3 is 18.9 Å². The van der Waals surface area contributed by atoms with Gasteiger partial charge in [-0.2, -0.15) is 0 Å². The summed E-state index contributed by atoms with van der Waals surface area (Å²) in [6.07, 6.45) is -2.12. The third-order valence-electron chi connectivity index (χ3n) is 4.08. The first-order valence-electron chi connectivity index (χ1n) is 8.73. The van der Waals surface area contributed by atoms with Crippen LogP contribution < -0.4 is 0 Å². The minimum Gasteiger partial charge on any atom is -0.463 e. The Hall–Kier alpha value is -1.77. The zero-order valence-corrected chi connectivity index (χ0v) is 17.6. The molecule has 1 aromatic carbocycles. The highest BCUT2D eigenvalue weighted by Gasteiger charge is 2.48. The second kappa shape index (κ2) is 10.1. The van der Waals surface area contributed by atoms with Crippen LogP contribution in [0.25, 0.3) is 0 Å². The Bertz CT molecular complexity index is 724. The van der Waals surface area contributed by atoms with Gasteiger partial charge in [0.2, 0.25) is 0 Å². The standard InChI is InChI=1S/C19H23ClO7S/c1-10-17(25-12(3)22)16(9-24-11(2)21)27-19(18(10)26-13(4)23)28-15-7-5-6-14(20)8-15/h5-8,10,16-19H,9H2,1-4H3/t10?,16?,17-,18?,19-/m1/s1. The van der Waals surface area contributed by atoms with Gasteiger partial charge in [0.1, 0.15) is 30.4 Å². The molecule has 0 N–H and O–H groups in total. The van der Waals surface area contributed by atoms with Gasteiger partial charge in [0.25, 0.3) is 0 Å². The minimum absolute atomic E-state index is 0.0863. The molecule has 9 heteroatoms. The van der Waals surface area contributed by atoms with Gasteiger partial charge in [-0.25, -0.2) is 0 Å². The number of halogens is 1. The van der Waals surface area contributed by atoms with Crippen molar-refractivity contribution < 1.29 is 33.3 Å². The van der Waals surface area contributed by atoms with Crippen LogP contribution in [0.1, 0.15) is 27.7 Å². The van der Waals surface area contributed by atoms with Crippen molar-refractivity contribution in [2.75, 3.05) is 6.61 Å². The molecule has 1 fully saturated rings. The molecule has 0 amide bonds. The summed E-state index contributed by atoms with van der Waals surface area (Å²) in [4.78, 5) is 35.3. The van der Waals surface area contributed by atoms with E-state index in [1.165, 1.54) is 32.5 Å². The lowest BCUT2D eigenvalue weighted by Gasteiger charge is -2.43. The highest BCUT2D eigenvalue weighted by atomic mass is 35.5. The zero-order valence-electron chi connectivity index (χ0n) is 16.0. The van der Waals surface area contributed by atoms with Crippen LogP contribution in [0.3, 0.4) is 0 Å². The number of esters is 3. The molecule has 5 atom stereocenters. The lowest BCUT2D eigenvalue weighted by molar-refractivity contribution is -0.212. The molecule has 0 aromatic heterocycles. The van der Waals surface area contributed by atoms with E-state index >= 15 is 0 Å². The number of benzene rings is 1. The Labute approximate surface area is 173 Å². The summed E-state index contributed by atoms with van der Waals surface area (Å²) >= 11 is 7.38. The zero-order chi connectivity index (χ0) is 20.8. The van der Waals surface area contributed by atoms with Crippen LogP contribution in [0.5, 0.6) is 0 Å². The third kappa shape index (κ3) is 6.39. The molecule has 0 radical (unpaired) electrons. The van der Waals surface area contributed by atoms with E-state index in [9.17, 15) is 14.4 Å². The SMILES string of the molecule is CC(=O)OCC1O[C@H](Sc2cccc(Cl)c2)C(OC(C)=O)C(C)[C@H]1OC(C)=O. The first kappa shape index (κ1) is 22.5. The lowest BCUT2D eigenvalue weighted by atomic mass is 9.91. The van der Waals surface area contributed by atoms with Crippen LogP contribution in [0, 0.1) is 5.92 Å². The van der Waals surface area contributed by atoms with E-state index in [2.05, 4.69) is 0 Å². The molecule has 1 aromatic rings. The lowest BCUT2D eigenvalue weighted by Crippen LogP contribution is -2.56. The summed E-state index contributed by atoms with van der Waals surface area (Å²) in [5.74, 6) is -1.84. The smallest absolute Gasteiger partial charge is 0.303 e. The van der Waals surface area contributed by atoms with Crippen molar-refractivity contribution in [1.29, 1.82) is 0 Å². The summed E-state index contributed by atoms with van der Waals surface area (Å²) in [5.41, 5.74) is -0.607. The van der Waals surface area contributed by atoms with Crippen LogP contribution >= 0.6 is 23.4 Å². The molecule has 154 valence electrons. The Morgan fingerprint density at radius 1 is 1.07 bits per heavy atom. The number of hydrogen-bond donors (Lipinski definition) is 0. The molecule has 3 unspecified atom stereocenters. The maximum absolute atomic E-state index is 11.6. The molecule has 0 bridgehead atoms. The summed E-state index contributed by atoms with van der Waals surface area (Å²) < 4.78 is 22.0. The topological polar surface area (TPSA) is 88.1 Å². The van der Waals surface area contributed by atoms with Crippen LogP contribution in [0.4, 0.5) is 0 Å². The molecule has 0 aliphatic carbocycles. The Kier molecular flexibility index (Phi) is 8.15. The molecule has 1 saturated heterocycles. The maximum Gasteiger partial charge on any atom is 0.303 e. The minimum atomic E-state index is -0.739. The first-order valence-corrected chi connectivity index (χ1v) is 9.98. The number of carbonyl (C=O) groups is 3. The van der Waals surface area contributed by atoms with E-state index in [1.54, 1.807) is 25.1 Å². The highest BCUT2D eigenvalue weighted by molar-refractivity contribution is 7.99. The normalized spacial score (nSPS) is 27.0. The highest BCUT2D eigenvalue weighted by Crippen LogP contribution is 2.39. The Balaban J connectivity index is 2.29. The van der Waals surface area contributed by atoms with Gasteiger partial charge in [-0.05, 0) is 18.2 Å². The number of thioether (sulfide) groups is 1. The van der Waals surface area contributed by atoms with Crippen LogP contribution in [-0.4, -0.2) is 48.3 Å². The van der Waals surface area contributed by atoms with Crippen molar-refractivity contribution in [3.8, 4) is 0 Å². The molecular formula is C19H23ClO7S. The number of ether oxygens (including phenoxy) is 4. The van der Waals surface area contributed by atoms with Crippen molar-refractivity contribution >= 4 is 41.3 Å². The summed E-state index contributed by atoms with van der Waals surface area (Å²) in [5, 5.41) is 0.562. The van der Waals surface area contributed by atoms with Gasteiger partial charge in [-0.3, -0.25) is 14.4 Å². The molecule has 0 saturated carbocycles. The quantitative estimate of drug-likeness (QED) is 0.502. The van der Waals surface area contributed by atoms with Gasteiger partial charge in [0, 0.05) is 36.6 Å². The van der Waals surface area contributed by atoms with Gasteiger partial charge >= 0.3 is 17.9 Å². The van der Waals surface area contributed by atoms with Gasteiger partial charge in [0.05, 0.1) is 0 Å². The Morgan fingerprint density at radius 2 is 1.71 bits per heavy atom.